The SMILES string of the molecule is CCOC(=O)C1(NC2CC2)CCCC1CCn1cccn1. The van der Waals surface area contributed by atoms with Crippen molar-refractivity contribution in [3.63, 3.8) is 0 Å². The number of rotatable bonds is 7. The first-order valence-electron chi connectivity index (χ1n) is 8.17. The highest BCUT2D eigenvalue weighted by atomic mass is 16.5. The summed E-state index contributed by atoms with van der Waals surface area (Å²) in [5.41, 5.74) is -0.454. The summed E-state index contributed by atoms with van der Waals surface area (Å²) in [7, 11) is 0. The molecule has 5 heteroatoms. The molecule has 2 fully saturated rings. The van der Waals surface area contributed by atoms with E-state index < -0.39 is 5.54 Å². The maximum Gasteiger partial charge on any atom is 0.326 e. The fourth-order valence-corrected chi connectivity index (χ4v) is 3.56. The molecule has 2 aliphatic rings. The third-order valence-corrected chi connectivity index (χ3v) is 4.77. The second-order valence-corrected chi connectivity index (χ2v) is 6.26. The maximum absolute atomic E-state index is 12.6. The molecule has 2 aliphatic carbocycles. The molecule has 0 saturated heterocycles. The van der Waals surface area contributed by atoms with Gasteiger partial charge < -0.3 is 4.74 Å². The van der Waals surface area contributed by atoms with Crippen LogP contribution in [-0.4, -0.2) is 33.9 Å². The Balaban J connectivity index is 1.70. The van der Waals surface area contributed by atoms with Gasteiger partial charge in [-0.15, -0.1) is 0 Å². The number of carbonyl (C=O) groups is 1. The summed E-state index contributed by atoms with van der Waals surface area (Å²) in [4.78, 5) is 12.6. The Bertz CT molecular complexity index is 470. The minimum atomic E-state index is -0.454. The van der Waals surface area contributed by atoms with E-state index in [9.17, 15) is 4.79 Å². The number of hydrogen-bond donors (Lipinski definition) is 1. The molecule has 1 heterocycles. The number of aromatic nitrogens is 2. The molecule has 2 atom stereocenters. The standard InChI is InChI=1S/C16H25N3O2/c1-2-21-15(20)16(18-14-6-7-14)9-3-5-13(16)8-12-19-11-4-10-17-19/h4,10-11,13-14,18H,2-3,5-9,12H2,1H3. The van der Waals surface area contributed by atoms with Crippen LogP contribution in [0.4, 0.5) is 0 Å². The average Bonchev–Trinajstić information content (AvgIpc) is 2.98. The molecule has 2 unspecified atom stereocenters. The number of aryl methyl sites for hydroxylation is 1. The van der Waals surface area contributed by atoms with E-state index in [2.05, 4.69) is 10.4 Å². The Morgan fingerprint density at radius 3 is 3.00 bits per heavy atom. The van der Waals surface area contributed by atoms with Crippen LogP contribution in [0.1, 0.15) is 45.4 Å². The Kier molecular flexibility index (Phi) is 4.29. The highest BCUT2D eigenvalue weighted by Crippen LogP contribution is 2.41. The maximum atomic E-state index is 12.6. The molecule has 0 aromatic carbocycles. The third-order valence-electron chi connectivity index (χ3n) is 4.77. The predicted molar refractivity (Wildman–Crippen MR) is 79.7 cm³/mol. The molecule has 1 aromatic rings. The minimum absolute atomic E-state index is 0.0418. The van der Waals surface area contributed by atoms with E-state index in [4.69, 9.17) is 4.74 Å². The summed E-state index contributed by atoms with van der Waals surface area (Å²) < 4.78 is 7.35. The summed E-state index contributed by atoms with van der Waals surface area (Å²) in [6, 6.07) is 2.45. The van der Waals surface area contributed by atoms with Crippen molar-refractivity contribution in [3.05, 3.63) is 18.5 Å². The van der Waals surface area contributed by atoms with E-state index in [1.54, 1.807) is 6.20 Å². The van der Waals surface area contributed by atoms with Crippen molar-refractivity contribution in [2.24, 2.45) is 5.92 Å². The van der Waals surface area contributed by atoms with Crippen molar-refractivity contribution < 1.29 is 9.53 Å². The molecule has 5 nitrogen and oxygen atoms in total. The molecule has 116 valence electrons. The molecule has 0 spiro atoms. The molecule has 2 saturated carbocycles. The Morgan fingerprint density at radius 2 is 2.33 bits per heavy atom. The molecule has 0 radical (unpaired) electrons. The topological polar surface area (TPSA) is 56.1 Å². The first kappa shape index (κ1) is 14.6. The van der Waals surface area contributed by atoms with E-state index in [0.29, 0.717) is 18.6 Å². The van der Waals surface area contributed by atoms with Gasteiger partial charge in [0.2, 0.25) is 0 Å². The van der Waals surface area contributed by atoms with Gasteiger partial charge in [-0.05, 0) is 51.0 Å². The number of carbonyl (C=O) groups excluding carboxylic acids is 1. The first-order valence-corrected chi connectivity index (χ1v) is 8.17. The largest absolute Gasteiger partial charge is 0.465 e. The van der Waals surface area contributed by atoms with Gasteiger partial charge in [-0.25, -0.2) is 0 Å². The van der Waals surface area contributed by atoms with E-state index >= 15 is 0 Å². The highest BCUT2D eigenvalue weighted by Gasteiger charge is 2.51. The lowest BCUT2D eigenvalue weighted by Crippen LogP contribution is -2.56. The normalized spacial score (nSPS) is 28.7. The Hall–Kier alpha value is -1.36. The zero-order chi connectivity index (χ0) is 14.7. The second-order valence-electron chi connectivity index (χ2n) is 6.26. The van der Waals surface area contributed by atoms with Crippen LogP contribution in [-0.2, 0) is 16.1 Å². The lowest BCUT2D eigenvalue weighted by Gasteiger charge is -2.34. The van der Waals surface area contributed by atoms with E-state index in [-0.39, 0.29) is 5.97 Å². The van der Waals surface area contributed by atoms with Crippen molar-refractivity contribution in [3.8, 4) is 0 Å². The Morgan fingerprint density at radius 1 is 1.48 bits per heavy atom. The number of ether oxygens (including phenoxy) is 1. The van der Waals surface area contributed by atoms with Gasteiger partial charge in [-0.1, -0.05) is 6.42 Å². The predicted octanol–water partition coefficient (Wildman–Crippen LogP) is 2.13. The molecular formula is C16H25N3O2. The van der Waals surface area contributed by atoms with Crippen LogP contribution in [0.15, 0.2) is 18.5 Å². The summed E-state index contributed by atoms with van der Waals surface area (Å²) in [5.74, 6) is 0.307. The molecule has 3 rings (SSSR count). The van der Waals surface area contributed by atoms with Crippen LogP contribution in [0.3, 0.4) is 0 Å². The molecule has 21 heavy (non-hydrogen) atoms. The molecule has 0 aliphatic heterocycles. The molecule has 1 aromatic heterocycles. The first-order chi connectivity index (χ1) is 10.2. The average molecular weight is 291 g/mol. The lowest BCUT2D eigenvalue weighted by atomic mass is 9.84. The second kappa shape index (κ2) is 6.18. The van der Waals surface area contributed by atoms with Crippen LogP contribution >= 0.6 is 0 Å². The quantitative estimate of drug-likeness (QED) is 0.782. The van der Waals surface area contributed by atoms with Crippen molar-refractivity contribution in [2.45, 2.75) is 63.6 Å². The third kappa shape index (κ3) is 3.12. The van der Waals surface area contributed by atoms with Gasteiger partial charge in [0.05, 0.1) is 6.61 Å². The summed E-state index contributed by atoms with van der Waals surface area (Å²) in [6.07, 6.45) is 10.2. The summed E-state index contributed by atoms with van der Waals surface area (Å²) in [5, 5.41) is 7.89. The zero-order valence-corrected chi connectivity index (χ0v) is 12.8. The molecular weight excluding hydrogens is 266 g/mol. The smallest absolute Gasteiger partial charge is 0.326 e. The van der Waals surface area contributed by atoms with Crippen LogP contribution in [0.5, 0.6) is 0 Å². The van der Waals surface area contributed by atoms with E-state index in [0.717, 1.165) is 32.2 Å². The number of esters is 1. The van der Waals surface area contributed by atoms with Gasteiger partial charge >= 0.3 is 5.97 Å². The highest BCUT2D eigenvalue weighted by molar-refractivity contribution is 5.82. The minimum Gasteiger partial charge on any atom is -0.465 e. The monoisotopic (exact) mass is 291 g/mol. The van der Waals surface area contributed by atoms with Crippen LogP contribution in [0.25, 0.3) is 0 Å². The number of nitrogens with one attached hydrogen (secondary N) is 1. The summed E-state index contributed by atoms with van der Waals surface area (Å²) >= 11 is 0. The van der Waals surface area contributed by atoms with Crippen molar-refractivity contribution in [2.75, 3.05) is 6.61 Å². The number of hydrogen-bond acceptors (Lipinski definition) is 4. The molecule has 0 amide bonds. The fraction of sp³-hybridized carbons (Fsp3) is 0.750. The van der Waals surface area contributed by atoms with Gasteiger partial charge in [-0.3, -0.25) is 14.8 Å². The van der Waals surface area contributed by atoms with Crippen LogP contribution in [0, 0.1) is 5.92 Å². The van der Waals surface area contributed by atoms with Crippen molar-refractivity contribution in [1.29, 1.82) is 0 Å². The zero-order valence-electron chi connectivity index (χ0n) is 12.8. The van der Waals surface area contributed by atoms with E-state index in [1.165, 1.54) is 12.8 Å². The van der Waals surface area contributed by atoms with Gasteiger partial charge in [-0.2, -0.15) is 5.10 Å². The van der Waals surface area contributed by atoms with Crippen LogP contribution in [0.2, 0.25) is 0 Å². The van der Waals surface area contributed by atoms with Crippen molar-refractivity contribution >= 4 is 5.97 Å². The molecule has 0 bridgehead atoms. The molecule has 1 N–H and O–H groups in total. The van der Waals surface area contributed by atoms with Gasteiger partial charge in [0.1, 0.15) is 5.54 Å². The van der Waals surface area contributed by atoms with Crippen molar-refractivity contribution in [1.82, 2.24) is 15.1 Å². The Labute approximate surface area is 126 Å². The van der Waals surface area contributed by atoms with E-state index in [1.807, 2.05) is 23.9 Å². The number of nitrogens with zero attached hydrogens (tertiary/aromatic N) is 2. The van der Waals surface area contributed by atoms with Crippen LogP contribution < -0.4 is 5.32 Å². The van der Waals surface area contributed by atoms with Gasteiger partial charge in [0.15, 0.2) is 0 Å². The van der Waals surface area contributed by atoms with Gasteiger partial charge in [0, 0.05) is 25.0 Å². The van der Waals surface area contributed by atoms with Gasteiger partial charge in [0.25, 0.3) is 0 Å². The lowest BCUT2D eigenvalue weighted by molar-refractivity contribution is -0.153. The summed E-state index contributed by atoms with van der Waals surface area (Å²) in [6.45, 7) is 3.21. The fourth-order valence-electron chi connectivity index (χ4n) is 3.56.